The minimum absolute atomic E-state index is 0.197. The van der Waals surface area contributed by atoms with E-state index in [2.05, 4.69) is 0 Å². The molecule has 1 aliphatic rings. The van der Waals surface area contributed by atoms with Gasteiger partial charge in [-0.05, 0) is 17.7 Å². The number of hydrogen-bond donors (Lipinski definition) is 0. The maximum Gasteiger partial charge on any atom is 0.231 e. The monoisotopic (exact) mass is 400 g/mol. The van der Waals surface area contributed by atoms with Crippen LogP contribution in [0.25, 0.3) is 11.0 Å². The molecule has 0 radical (unpaired) electrons. The maximum atomic E-state index is 13.0. The Bertz CT molecular complexity index is 1130. The SMILES string of the molecule is COc1c(OC)c(OC)c2c(=O)cc(Cc3ccc4c(c3)OCO4)oc2c1OC. The first kappa shape index (κ1) is 18.8. The third-order valence-corrected chi connectivity index (χ3v) is 4.68. The van der Waals surface area contributed by atoms with Crippen molar-refractivity contribution in [1.29, 1.82) is 0 Å². The summed E-state index contributed by atoms with van der Waals surface area (Å²) in [5.41, 5.74) is 0.853. The van der Waals surface area contributed by atoms with E-state index in [1.54, 1.807) is 0 Å². The minimum atomic E-state index is -0.280. The van der Waals surface area contributed by atoms with Crippen molar-refractivity contribution in [3.63, 3.8) is 0 Å². The first-order valence-corrected chi connectivity index (χ1v) is 8.82. The first-order chi connectivity index (χ1) is 14.1. The molecule has 8 heteroatoms. The lowest BCUT2D eigenvalue weighted by Crippen LogP contribution is -2.08. The lowest BCUT2D eigenvalue weighted by molar-refractivity contribution is 0.174. The summed E-state index contributed by atoms with van der Waals surface area (Å²) in [5.74, 6) is 2.83. The standard InChI is InChI=1S/C21H20O8/c1-23-17-16-13(22)9-12(7-11-5-6-14-15(8-11)28-10-27-14)29-18(16)20(25-3)21(26-4)19(17)24-2/h5-6,8-9H,7,10H2,1-4H3. The number of rotatable bonds is 6. The van der Waals surface area contributed by atoms with E-state index >= 15 is 0 Å². The van der Waals surface area contributed by atoms with E-state index in [1.165, 1.54) is 34.5 Å². The largest absolute Gasteiger partial charge is 0.492 e. The summed E-state index contributed by atoms with van der Waals surface area (Å²) in [6.45, 7) is 0.197. The summed E-state index contributed by atoms with van der Waals surface area (Å²) in [7, 11) is 5.85. The highest BCUT2D eigenvalue weighted by Gasteiger charge is 2.27. The molecule has 152 valence electrons. The highest BCUT2D eigenvalue weighted by Crippen LogP contribution is 2.50. The average molecular weight is 400 g/mol. The molecule has 0 saturated carbocycles. The molecule has 0 N–H and O–H groups in total. The number of methoxy groups -OCH3 is 4. The van der Waals surface area contributed by atoms with Crippen molar-refractivity contribution in [2.24, 2.45) is 0 Å². The molecule has 0 atom stereocenters. The Morgan fingerprint density at radius 2 is 1.48 bits per heavy atom. The zero-order valence-corrected chi connectivity index (χ0v) is 16.5. The number of benzene rings is 2. The third kappa shape index (κ3) is 3.06. The second kappa shape index (κ2) is 7.46. The van der Waals surface area contributed by atoms with E-state index in [-0.39, 0.29) is 46.2 Å². The Hall–Kier alpha value is -3.55. The number of ether oxygens (including phenoxy) is 6. The summed E-state index contributed by atoms with van der Waals surface area (Å²) in [6, 6.07) is 7.01. The molecule has 3 aromatic rings. The van der Waals surface area contributed by atoms with Gasteiger partial charge in [-0.3, -0.25) is 4.79 Å². The molecular formula is C21H20O8. The van der Waals surface area contributed by atoms with Crippen molar-refractivity contribution in [2.45, 2.75) is 6.42 Å². The van der Waals surface area contributed by atoms with Crippen molar-refractivity contribution in [1.82, 2.24) is 0 Å². The van der Waals surface area contributed by atoms with E-state index in [4.69, 9.17) is 32.8 Å². The summed E-state index contributed by atoms with van der Waals surface area (Å²) in [4.78, 5) is 13.0. The molecule has 0 saturated heterocycles. The predicted molar refractivity (Wildman–Crippen MR) is 104 cm³/mol. The van der Waals surface area contributed by atoms with Crippen molar-refractivity contribution < 1.29 is 32.8 Å². The fourth-order valence-corrected chi connectivity index (χ4v) is 3.43. The number of fused-ring (bicyclic) bond motifs is 2. The van der Waals surface area contributed by atoms with Gasteiger partial charge in [0.2, 0.25) is 24.0 Å². The molecule has 29 heavy (non-hydrogen) atoms. The van der Waals surface area contributed by atoms with Crippen LogP contribution < -0.4 is 33.8 Å². The number of hydrogen-bond acceptors (Lipinski definition) is 8. The molecule has 1 aliphatic heterocycles. The van der Waals surface area contributed by atoms with Crippen LogP contribution in [0.2, 0.25) is 0 Å². The van der Waals surface area contributed by atoms with Gasteiger partial charge in [0, 0.05) is 12.5 Å². The summed E-state index contributed by atoms with van der Waals surface area (Å²) >= 11 is 0. The van der Waals surface area contributed by atoms with E-state index < -0.39 is 0 Å². The Kier molecular flexibility index (Phi) is 4.84. The summed E-state index contributed by atoms with van der Waals surface area (Å²) in [6.07, 6.45) is 0.377. The Labute approximate surface area is 166 Å². The fourth-order valence-electron chi connectivity index (χ4n) is 3.43. The molecular weight excluding hydrogens is 380 g/mol. The van der Waals surface area contributed by atoms with Crippen molar-refractivity contribution in [3.05, 3.63) is 45.8 Å². The van der Waals surface area contributed by atoms with Crippen LogP contribution in [0.5, 0.6) is 34.5 Å². The normalized spacial score (nSPS) is 12.1. The van der Waals surface area contributed by atoms with Gasteiger partial charge in [0.05, 0.1) is 28.4 Å². The van der Waals surface area contributed by atoms with Gasteiger partial charge in [0.15, 0.2) is 28.3 Å². The van der Waals surface area contributed by atoms with Gasteiger partial charge in [-0.25, -0.2) is 0 Å². The molecule has 2 aromatic carbocycles. The van der Waals surface area contributed by atoms with Gasteiger partial charge < -0.3 is 32.8 Å². The molecule has 2 heterocycles. The van der Waals surface area contributed by atoms with Crippen LogP contribution in [0.15, 0.2) is 33.5 Å². The third-order valence-electron chi connectivity index (χ3n) is 4.68. The van der Waals surface area contributed by atoms with Gasteiger partial charge in [-0.2, -0.15) is 0 Å². The minimum Gasteiger partial charge on any atom is -0.492 e. The second-order valence-corrected chi connectivity index (χ2v) is 6.28. The Morgan fingerprint density at radius 3 is 2.17 bits per heavy atom. The van der Waals surface area contributed by atoms with Crippen LogP contribution in [-0.2, 0) is 6.42 Å². The molecule has 4 rings (SSSR count). The zero-order chi connectivity index (χ0) is 20.5. The molecule has 0 bridgehead atoms. The van der Waals surface area contributed by atoms with Gasteiger partial charge in [-0.15, -0.1) is 0 Å². The first-order valence-electron chi connectivity index (χ1n) is 8.82. The van der Waals surface area contributed by atoms with Gasteiger partial charge in [0.1, 0.15) is 11.1 Å². The van der Waals surface area contributed by atoms with Crippen molar-refractivity contribution in [2.75, 3.05) is 35.2 Å². The fraction of sp³-hybridized carbons (Fsp3) is 0.286. The van der Waals surface area contributed by atoms with E-state index in [9.17, 15) is 4.79 Å². The van der Waals surface area contributed by atoms with Crippen LogP contribution >= 0.6 is 0 Å². The lowest BCUT2D eigenvalue weighted by atomic mass is 10.1. The molecule has 0 fully saturated rings. The van der Waals surface area contributed by atoms with Crippen molar-refractivity contribution >= 4 is 11.0 Å². The van der Waals surface area contributed by atoms with E-state index in [0.29, 0.717) is 23.7 Å². The lowest BCUT2D eigenvalue weighted by Gasteiger charge is -2.17. The second-order valence-electron chi connectivity index (χ2n) is 6.28. The van der Waals surface area contributed by atoms with Gasteiger partial charge in [0.25, 0.3) is 0 Å². The highest BCUT2D eigenvalue weighted by atomic mass is 16.7. The summed E-state index contributed by atoms with van der Waals surface area (Å²) < 4.78 is 38.5. The molecule has 8 nitrogen and oxygen atoms in total. The molecule has 1 aromatic heterocycles. The molecule has 0 unspecified atom stereocenters. The van der Waals surface area contributed by atoms with Crippen LogP contribution in [0, 0.1) is 0 Å². The van der Waals surface area contributed by atoms with Crippen LogP contribution in [-0.4, -0.2) is 35.2 Å². The Morgan fingerprint density at radius 1 is 0.828 bits per heavy atom. The molecule has 0 spiro atoms. The van der Waals surface area contributed by atoms with Crippen LogP contribution in [0.4, 0.5) is 0 Å². The van der Waals surface area contributed by atoms with Gasteiger partial charge in [-0.1, -0.05) is 6.07 Å². The summed E-state index contributed by atoms with van der Waals surface area (Å²) in [5, 5.41) is 0.219. The average Bonchev–Trinajstić information content (AvgIpc) is 3.19. The highest BCUT2D eigenvalue weighted by molar-refractivity contribution is 5.94. The van der Waals surface area contributed by atoms with Crippen molar-refractivity contribution in [3.8, 4) is 34.5 Å². The quantitative estimate of drug-likeness (QED) is 0.624. The Balaban J connectivity index is 1.89. The maximum absolute atomic E-state index is 13.0. The van der Waals surface area contributed by atoms with Gasteiger partial charge >= 0.3 is 0 Å². The predicted octanol–water partition coefficient (Wildman–Crippen LogP) is 3.15. The topological polar surface area (TPSA) is 85.6 Å². The molecule has 0 amide bonds. The smallest absolute Gasteiger partial charge is 0.231 e. The molecule has 0 aliphatic carbocycles. The van der Waals surface area contributed by atoms with E-state index in [1.807, 2.05) is 18.2 Å². The zero-order valence-electron chi connectivity index (χ0n) is 16.5. The van der Waals surface area contributed by atoms with Crippen LogP contribution in [0.1, 0.15) is 11.3 Å². The van der Waals surface area contributed by atoms with E-state index in [0.717, 1.165) is 5.56 Å². The van der Waals surface area contributed by atoms with Crippen LogP contribution in [0.3, 0.4) is 0 Å².